The van der Waals surface area contributed by atoms with Crippen LogP contribution in [0.15, 0.2) is 29.2 Å². The fraction of sp³-hybridized carbons (Fsp3) is 0.500. The van der Waals surface area contributed by atoms with Gasteiger partial charge in [-0.2, -0.15) is 0 Å². The maximum Gasteiger partial charge on any atom is 0.229 e. The summed E-state index contributed by atoms with van der Waals surface area (Å²) < 4.78 is 23.4. The summed E-state index contributed by atoms with van der Waals surface area (Å²) in [6.07, 6.45) is 0. The summed E-state index contributed by atoms with van der Waals surface area (Å²) in [6.45, 7) is 5.20. The summed E-state index contributed by atoms with van der Waals surface area (Å²) in [6, 6.07) is 6.33. The van der Waals surface area contributed by atoms with Crippen LogP contribution in [0, 0.1) is 11.8 Å². The third-order valence-corrected chi connectivity index (χ3v) is 5.47. The van der Waals surface area contributed by atoms with Crippen molar-refractivity contribution in [1.29, 1.82) is 0 Å². The number of carbonyl (C=O) groups is 1. The molecule has 0 spiro atoms. The van der Waals surface area contributed by atoms with Gasteiger partial charge < -0.3 is 10.6 Å². The number of amides is 1. The number of hydrogen-bond acceptors (Lipinski definition) is 4. The van der Waals surface area contributed by atoms with Gasteiger partial charge in [-0.3, -0.25) is 4.79 Å². The van der Waals surface area contributed by atoms with Crippen molar-refractivity contribution in [2.45, 2.75) is 18.7 Å². The van der Waals surface area contributed by atoms with E-state index in [1.807, 2.05) is 6.92 Å². The van der Waals surface area contributed by atoms with Gasteiger partial charge in [-0.25, -0.2) is 8.42 Å². The number of benzene rings is 1. The average Bonchev–Trinajstić information content (AvgIpc) is 2.85. The van der Waals surface area contributed by atoms with Crippen molar-refractivity contribution in [3.63, 3.8) is 0 Å². The molecule has 2 atom stereocenters. The number of nitrogens with one attached hydrogen (secondary N) is 2. The number of anilines is 1. The third-order valence-electron chi connectivity index (χ3n) is 3.72. The number of rotatable bonds is 4. The second kappa shape index (κ2) is 5.93. The van der Waals surface area contributed by atoms with E-state index in [2.05, 4.69) is 10.6 Å². The molecule has 0 aromatic heterocycles. The molecule has 0 radical (unpaired) electrons. The van der Waals surface area contributed by atoms with Gasteiger partial charge in [-0.05, 0) is 36.7 Å². The normalized spacial score (nSPS) is 22.7. The number of hydrogen-bond donors (Lipinski definition) is 2. The van der Waals surface area contributed by atoms with E-state index in [4.69, 9.17) is 0 Å². The molecule has 5 nitrogen and oxygen atoms in total. The van der Waals surface area contributed by atoms with Crippen molar-refractivity contribution in [1.82, 2.24) is 5.32 Å². The Morgan fingerprint density at radius 2 is 1.95 bits per heavy atom. The Labute approximate surface area is 119 Å². The fourth-order valence-electron chi connectivity index (χ4n) is 2.31. The van der Waals surface area contributed by atoms with Crippen molar-refractivity contribution in [2.75, 3.05) is 24.2 Å². The molecule has 1 aliphatic rings. The monoisotopic (exact) mass is 296 g/mol. The summed E-state index contributed by atoms with van der Waals surface area (Å²) in [4.78, 5) is 12.4. The summed E-state index contributed by atoms with van der Waals surface area (Å²) in [7, 11) is -3.19. The Morgan fingerprint density at radius 3 is 2.45 bits per heavy atom. The van der Waals surface area contributed by atoms with Crippen molar-refractivity contribution >= 4 is 21.4 Å². The largest absolute Gasteiger partial charge is 0.326 e. The van der Waals surface area contributed by atoms with Crippen molar-refractivity contribution < 1.29 is 13.2 Å². The van der Waals surface area contributed by atoms with E-state index in [1.165, 1.54) is 12.1 Å². The Bertz CT molecular complexity index is 581. The zero-order chi connectivity index (χ0) is 14.8. The molecule has 20 heavy (non-hydrogen) atoms. The molecular weight excluding hydrogens is 276 g/mol. The van der Waals surface area contributed by atoms with Gasteiger partial charge in [0, 0.05) is 12.2 Å². The van der Waals surface area contributed by atoms with Crippen LogP contribution in [-0.2, 0) is 14.6 Å². The van der Waals surface area contributed by atoms with Gasteiger partial charge in [0.1, 0.15) is 0 Å². The Balaban J connectivity index is 2.06. The van der Waals surface area contributed by atoms with Crippen LogP contribution >= 0.6 is 0 Å². The van der Waals surface area contributed by atoms with Crippen LogP contribution in [0.3, 0.4) is 0 Å². The molecule has 1 aromatic carbocycles. The van der Waals surface area contributed by atoms with Gasteiger partial charge in [-0.1, -0.05) is 13.8 Å². The zero-order valence-electron chi connectivity index (χ0n) is 11.7. The van der Waals surface area contributed by atoms with Crippen molar-refractivity contribution in [3.05, 3.63) is 24.3 Å². The highest BCUT2D eigenvalue weighted by Gasteiger charge is 2.29. The SMILES string of the molecule is CCS(=O)(=O)c1ccc(NC(=O)[C@@H]2CNC[C@H]2C)cc1. The lowest BCUT2D eigenvalue weighted by Crippen LogP contribution is -2.27. The van der Waals surface area contributed by atoms with E-state index in [1.54, 1.807) is 19.1 Å². The quantitative estimate of drug-likeness (QED) is 0.877. The molecule has 6 heteroatoms. The lowest BCUT2D eigenvalue weighted by molar-refractivity contribution is -0.120. The van der Waals surface area contributed by atoms with Gasteiger partial charge in [0.2, 0.25) is 5.91 Å². The molecule has 1 fully saturated rings. The second-order valence-corrected chi connectivity index (χ2v) is 7.44. The minimum atomic E-state index is -3.19. The third kappa shape index (κ3) is 3.19. The Hall–Kier alpha value is -1.40. The molecule has 0 saturated carbocycles. The van der Waals surface area contributed by atoms with Crippen LogP contribution in [0.5, 0.6) is 0 Å². The van der Waals surface area contributed by atoms with E-state index in [0.29, 0.717) is 18.2 Å². The number of sulfone groups is 1. The minimum absolute atomic E-state index is 0.0198. The molecule has 0 unspecified atom stereocenters. The van der Waals surface area contributed by atoms with Gasteiger partial charge >= 0.3 is 0 Å². The molecule has 1 saturated heterocycles. The highest BCUT2D eigenvalue weighted by Crippen LogP contribution is 2.20. The highest BCUT2D eigenvalue weighted by molar-refractivity contribution is 7.91. The molecular formula is C14H20N2O3S. The minimum Gasteiger partial charge on any atom is -0.326 e. The van der Waals surface area contributed by atoms with Gasteiger partial charge in [0.15, 0.2) is 9.84 Å². The Morgan fingerprint density at radius 1 is 1.30 bits per heavy atom. The van der Waals surface area contributed by atoms with E-state index in [9.17, 15) is 13.2 Å². The van der Waals surface area contributed by atoms with E-state index < -0.39 is 9.84 Å². The first-order valence-electron chi connectivity index (χ1n) is 6.78. The Kier molecular flexibility index (Phi) is 4.45. The summed E-state index contributed by atoms with van der Waals surface area (Å²) in [5.74, 6) is 0.335. The summed E-state index contributed by atoms with van der Waals surface area (Å²) >= 11 is 0. The first kappa shape index (κ1) is 15.0. The lowest BCUT2D eigenvalue weighted by atomic mass is 9.97. The molecule has 1 amide bonds. The highest BCUT2D eigenvalue weighted by atomic mass is 32.2. The predicted octanol–water partition coefficient (Wildman–Crippen LogP) is 1.27. The standard InChI is InChI=1S/C14H20N2O3S/c1-3-20(18,19)12-6-4-11(5-7-12)16-14(17)13-9-15-8-10(13)2/h4-7,10,13,15H,3,8-9H2,1-2H3,(H,16,17)/t10-,13-/m1/s1. The van der Waals surface area contributed by atoms with Crippen LogP contribution in [-0.4, -0.2) is 33.2 Å². The molecule has 2 rings (SSSR count). The van der Waals surface area contributed by atoms with Crippen molar-refractivity contribution in [2.24, 2.45) is 11.8 Å². The van der Waals surface area contributed by atoms with Crippen LogP contribution < -0.4 is 10.6 Å². The van der Waals surface area contributed by atoms with E-state index in [-0.39, 0.29) is 22.5 Å². The van der Waals surface area contributed by atoms with Gasteiger partial charge in [0.05, 0.1) is 16.6 Å². The maximum atomic E-state index is 12.1. The number of carbonyl (C=O) groups excluding carboxylic acids is 1. The van der Waals surface area contributed by atoms with Crippen LogP contribution in [0.25, 0.3) is 0 Å². The van der Waals surface area contributed by atoms with Crippen LogP contribution in [0.1, 0.15) is 13.8 Å². The smallest absolute Gasteiger partial charge is 0.229 e. The first-order chi connectivity index (χ1) is 9.44. The summed E-state index contributed by atoms with van der Waals surface area (Å²) in [5.41, 5.74) is 0.629. The maximum absolute atomic E-state index is 12.1. The zero-order valence-corrected chi connectivity index (χ0v) is 12.5. The second-order valence-electron chi connectivity index (χ2n) is 5.16. The predicted molar refractivity (Wildman–Crippen MR) is 78.3 cm³/mol. The topological polar surface area (TPSA) is 75.3 Å². The lowest BCUT2D eigenvalue weighted by Gasteiger charge is -2.14. The van der Waals surface area contributed by atoms with E-state index in [0.717, 1.165) is 6.54 Å². The van der Waals surface area contributed by atoms with Gasteiger partial charge in [-0.15, -0.1) is 0 Å². The van der Waals surface area contributed by atoms with E-state index >= 15 is 0 Å². The molecule has 0 aliphatic carbocycles. The first-order valence-corrected chi connectivity index (χ1v) is 8.43. The summed E-state index contributed by atoms with van der Waals surface area (Å²) in [5, 5.41) is 6.02. The average molecular weight is 296 g/mol. The fourth-order valence-corrected chi connectivity index (χ4v) is 3.19. The molecule has 2 N–H and O–H groups in total. The molecule has 0 bridgehead atoms. The molecule has 1 heterocycles. The molecule has 110 valence electrons. The van der Waals surface area contributed by atoms with Crippen molar-refractivity contribution in [3.8, 4) is 0 Å². The van der Waals surface area contributed by atoms with Gasteiger partial charge in [0.25, 0.3) is 0 Å². The van der Waals surface area contributed by atoms with Crippen LogP contribution in [0.4, 0.5) is 5.69 Å². The van der Waals surface area contributed by atoms with Crippen LogP contribution in [0.2, 0.25) is 0 Å². The molecule has 1 aromatic rings. The molecule has 1 aliphatic heterocycles.